The third-order valence-electron chi connectivity index (χ3n) is 3.17. The second-order valence-corrected chi connectivity index (χ2v) is 4.94. The normalized spacial score (nSPS) is 11.1. The molecule has 20 heavy (non-hydrogen) atoms. The Morgan fingerprint density at radius 1 is 1.25 bits per heavy atom. The Morgan fingerprint density at radius 3 is 2.85 bits per heavy atom. The van der Waals surface area contributed by atoms with Crippen LogP contribution >= 0.6 is 11.6 Å². The van der Waals surface area contributed by atoms with Crippen molar-refractivity contribution >= 4 is 28.6 Å². The van der Waals surface area contributed by atoms with Crippen molar-refractivity contribution in [1.82, 2.24) is 9.55 Å². The molecule has 2 aromatic carbocycles. The van der Waals surface area contributed by atoms with E-state index in [9.17, 15) is 0 Å². The number of fused-ring (bicyclic) bond motifs is 1. The first-order valence-corrected chi connectivity index (χ1v) is 6.59. The van der Waals surface area contributed by atoms with E-state index in [4.69, 9.17) is 22.1 Å². The van der Waals surface area contributed by atoms with Crippen molar-refractivity contribution in [2.24, 2.45) is 0 Å². The maximum absolute atomic E-state index is 6.07. The number of nitrogens with two attached hydrogens (primary N) is 1. The lowest BCUT2D eigenvalue weighted by Crippen LogP contribution is -2.04. The summed E-state index contributed by atoms with van der Waals surface area (Å²) in [5.41, 5.74) is 9.80. The Bertz CT molecular complexity index is 767. The summed E-state index contributed by atoms with van der Waals surface area (Å²) in [6.45, 7) is 0.517. The van der Waals surface area contributed by atoms with Crippen LogP contribution in [-0.2, 0) is 11.3 Å². The maximum atomic E-state index is 6.07. The number of nitrogens with zero attached hydrogens (tertiary/aromatic N) is 2. The molecule has 0 radical (unpaired) electrons. The van der Waals surface area contributed by atoms with Crippen molar-refractivity contribution in [3.05, 3.63) is 53.1 Å². The zero-order valence-electron chi connectivity index (χ0n) is 11.0. The summed E-state index contributed by atoms with van der Waals surface area (Å²) in [5, 5.41) is 0.646. The summed E-state index contributed by atoms with van der Waals surface area (Å²) in [4.78, 5) is 4.37. The second kappa shape index (κ2) is 5.15. The van der Waals surface area contributed by atoms with Gasteiger partial charge in [-0.1, -0.05) is 29.8 Å². The van der Waals surface area contributed by atoms with Gasteiger partial charge < -0.3 is 10.5 Å². The molecule has 0 unspecified atom stereocenters. The fraction of sp³-hybridized carbons (Fsp3) is 0.133. The second-order valence-electron chi connectivity index (χ2n) is 4.50. The van der Waals surface area contributed by atoms with Gasteiger partial charge >= 0.3 is 0 Å². The number of imidazole rings is 1. The molecule has 1 aromatic heterocycles. The van der Waals surface area contributed by atoms with Crippen LogP contribution in [0.1, 0.15) is 5.56 Å². The minimum absolute atomic E-state index is 0.436. The monoisotopic (exact) mass is 287 g/mol. The van der Waals surface area contributed by atoms with Crippen LogP contribution < -0.4 is 5.73 Å². The van der Waals surface area contributed by atoms with Crippen LogP contribution in [0, 0.1) is 0 Å². The van der Waals surface area contributed by atoms with E-state index in [1.165, 1.54) is 0 Å². The van der Waals surface area contributed by atoms with Crippen LogP contribution in [0.25, 0.3) is 16.7 Å². The number of halogens is 1. The molecule has 3 aromatic rings. The molecule has 0 aliphatic carbocycles. The van der Waals surface area contributed by atoms with Gasteiger partial charge in [-0.25, -0.2) is 4.98 Å². The fourth-order valence-corrected chi connectivity index (χ4v) is 2.50. The molecule has 2 N–H and O–H groups in total. The van der Waals surface area contributed by atoms with Crippen LogP contribution in [0.15, 0.2) is 42.5 Å². The zero-order valence-corrected chi connectivity index (χ0v) is 11.8. The number of benzene rings is 2. The SMILES string of the molecule is COCc1ccccc1-n1c(N)nc2cc(Cl)ccc21. The predicted molar refractivity (Wildman–Crippen MR) is 81.2 cm³/mol. The molecule has 0 spiro atoms. The number of hydrogen-bond acceptors (Lipinski definition) is 3. The number of nitrogen functional groups attached to an aromatic ring is 1. The molecule has 0 atom stereocenters. The van der Waals surface area contributed by atoms with Gasteiger partial charge in [0.15, 0.2) is 0 Å². The summed E-state index contributed by atoms with van der Waals surface area (Å²) < 4.78 is 7.16. The first-order chi connectivity index (χ1) is 9.70. The highest BCUT2D eigenvalue weighted by Crippen LogP contribution is 2.27. The van der Waals surface area contributed by atoms with E-state index < -0.39 is 0 Å². The van der Waals surface area contributed by atoms with Gasteiger partial charge in [0.05, 0.1) is 23.3 Å². The number of para-hydroxylation sites is 1. The third kappa shape index (κ3) is 2.13. The number of anilines is 1. The number of methoxy groups -OCH3 is 1. The van der Waals surface area contributed by atoms with Crippen LogP contribution in [0.5, 0.6) is 0 Å². The standard InChI is InChI=1S/C15H14ClN3O/c1-20-9-10-4-2-3-5-13(10)19-14-7-6-11(16)8-12(14)18-15(19)17/h2-8H,9H2,1H3,(H2,17,18). The molecule has 0 saturated carbocycles. The highest BCUT2D eigenvalue weighted by molar-refractivity contribution is 6.31. The first-order valence-electron chi connectivity index (χ1n) is 6.21. The molecule has 0 amide bonds. The van der Waals surface area contributed by atoms with Crippen molar-refractivity contribution in [3.8, 4) is 5.69 Å². The van der Waals surface area contributed by atoms with Gasteiger partial charge in [-0.05, 0) is 24.3 Å². The van der Waals surface area contributed by atoms with E-state index in [0.29, 0.717) is 17.6 Å². The number of ether oxygens (including phenoxy) is 1. The largest absolute Gasteiger partial charge is 0.380 e. The van der Waals surface area contributed by atoms with Gasteiger partial charge in [0.2, 0.25) is 5.95 Å². The van der Waals surface area contributed by atoms with Gasteiger partial charge in [0.25, 0.3) is 0 Å². The minimum atomic E-state index is 0.436. The number of aromatic nitrogens is 2. The third-order valence-corrected chi connectivity index (χ3v) is 3.41. The van der Waals surface area contributed by atoms with Gasteiger partial charge in [-0.15, -0.1) is 0 Å². The fourth-order valence-electron chi connectivity index (χ4n) is 2.33. The summed E-state index contributed by atoms with van der Waals surface area (Å²) in [5.74, 6) is 0.436. The Morgan fingerprint density at radius 2 is 2.05 bits per heavy atom. The maximum Gasteiger partial charge on any atom is 0.205 e. The Kier molecular flexibility index (Phi) is 3.34. The Hall–Kier alpha value is -2.04. The van der Waals surface area contributed by atoms with E-state index in [1.54, 1.807) is 7.11 Å². The van der Waals surface area contributed by atoms with Crippen LogP contribution in [0.2, 0.25) is 5.02 Å². The predicted octanol–water partition coefficient (Wildman–Crippen LogP) is 3.41. The average Bonchev–Trinajstić information content (AvgIpc) is 2.75. The molecule has 3 rings (SSSR count). The van der Waals surface area contributed by atoms with Crippen LogP contribution in [0.3, 0.4) is 0 Å². The lowest BCUT2D eigenvalue weighted by Gasteiger charge is -2.12. The molecule has 102 valence electrons. The zero-order chi connectivity index (χ0) is 14.1. The lowest BCUT2D eigenvalue weighted by atomic mass is 10.2. The number of hydrogen-bond donors (Lipinski definition) is 1. The van der Waals surface area contributed by atoms with Gasteiger partial charge in [-0.3, -0.25) is 4.57 Å². The summed E-state index contributed by atoms with van der Waals surface area (Å²) >= 11 is 6.00. The summed E-state index contributed by atoms with van der Waals surface area (Å²) in [6.07, 6.45) is 0. The van der Waals surface area contributed by atoms with Crippen LogP contribution in [0.4, 0.5) is 5.95 Å². The molecule has 1 heterocycles. The molecule has 0 bridgehead atoms. The summed E-state index contributed by atoms with van der Waals surface area (Å²) in [7, 11) is 1.67. The van der Waals surface area contributed by atoms with Crippen molar-refractivity contribution in [2.45, 2.75) is 6.61 Å². The molecule has 5 heteroatoms. The summed E-state index contributed by atoms with van der Waals surface area (Å²) in [6, 6.07) is 13.5. The quantitative estimate of drug-likeness (QED) is 0.803. The van der Waals surface area contributed by atoms with E-state index in [2.05, 4.69) is 4.98 Å². The van der Waals surface area contributed by atoms with E-state index in [1.807, 2.05) is 47.0 Å². The van der Waals surface area contributed by atoms with Crippen molar-refractivity contribution in [3.63, 3.8) is 0 Å². The molecule has 0 aliphatic rings. The van der Waals surface area contributed by atoms with E-state index >= 15 is 0 Å². The minimum Gasteiger partial charge on any atom is -0.380 e. The first kappa shape index (κ1) is 13.0. The van der Waals surface area contributed by atoms with Crippen molar-refractivity contribution in [1.29, 1.82) is 0 Å². The average molecular weight is 288 g/mol. The van der Waals surface area contributed by atoms with E-state index in [0.717, 1.165) is 22.3 Å². The van der Waals surface area contributed by atoms with Crippen molar-refractivity contribution in [2.75, 3.05) is 12.8 Å². The molecular formula is C15H14ClN3O. The smallest absolute Gasteiger partial charge is 0.205 e. The van der Waals surface area contributed by atoms with Crippen LogP contribution in [-0.4, -0.2) is 16.7 Å². The molecule has 0 aliphatic heterocycles. The van der Waals surface area contributed by atoms with E-state index in [-0.39, 0.29) is 0 Å². The Labute approximate surface area is 121 Å². The van der Waals surface area contributed by atoms with Gasteiger partial charge in [-0.2, -0.15) is 0 Å². The highest BCUT2D eigenvalue weighted by atomic mass is 35.5. The Balaban J connectivity index is 2.27. The number of rotatable bonds is 3. The molecule has 0 saturated heterocycles. The van der Waals surface area contributed by atoms with Gasteiger partial charge in [0.1, 0.15) is 0 Å². The molecule has 0 fully saturated rings. The topological polar surface area (TPSA) is 53.1 Å². The molecular weight excluding hydrogens is 274 g/mol. The highest BCUT2D eigenvalue weighted by Gasteiger charge is 2.13. The molecule has 4 nitrogen and oxygen atoms in total. The van der Waals surface area contributed by atoms with Gasteiger partial charge in [0, 0.05) is 17.7 Å². The lowest BCUT2D eigenvalue weighted by molar-refractivity contribution is 0.185. The van der Waals surface area contributed by atoms with Crippen molar-refractivity contribution < 1.29 is 4.74 Å².